The average molecular weight is 195 g/mol. The maximum absolute atomic E-state index is 10.8. The Morgan fingerprint density at radius 1 is 1.67 bits per heavy atom. The topological polar surface area (TPSA) is 104 Å². The third-order valence-electron chi connectivity index (χ3n) is 1.20. The van der Waals surface area contributed by atoms with Crippen LogP contribution in [-0.2, 0) is 20.9 Å². The highest BCUT2D eigenvalue weighted by atomic mass is 32.2. The van der Waals surface area contributed by atoms with E-state index < -0.39 is 23.3 Å². The molecular weight excluding hydrogens is 184 g/mol. The maximum atomic E-state index is 10.8. The number of nitrogens with two attached hydrogens (primary N) is 1. The summed E-state index contributed by atoms with van der Waals surface area (Å²) < 4.78 is 19.7. The highest BCUT2D eigenvalue weighted by Crippen LogP contribution is 1.99. The van der Waals surface area contributed by atoms with Gasteiger partial charge in [0, 0.05) is 0 Å². The molecule has 0 spiro atoms. The van der Waals surface area contributed by atoms with Gasteiger partial charge in [-0.05, 0) is 5.92 Å². The number of hydrogen-bond acceptors (Lipinski definition) is 5. The number of carbonyl (C=O) groups is 1. The molecule has 0 aliphatic heterocycles. The SMILES string of the molecule is CC(C)C(N)C(=O)ONS(=O)[O-]. The zero-order valence-corrected chi connectivity index (χ0v) is 7.59. The molecular formula is C5H11N2O4S-. The van der Waals surface area contributed by atoms with E-state index in [1.165, 1.54) is 4.89 Å². The Hall–Kier alpha value is -0.500. The van der Waals surface area contributed by atoms with Gasteiger partial charge in [-0.2, -0.15) is 0 Å². The first kappa shape index (κ1) is 11.5. The summed E-state index contributed by atoms with van der Waals surface area (Å²) in [7, 11) is 0. The molecule has 0 heterocycles. The van der Waals surface area contributed by atoms with Gasteiger partial charge in [0.1, 0.15) is 6.04 Å². The van der Waals surface area contributed by atoms with Crippen LogP contribution in [0.15, 0.2) is 0 Å². The van der Waals surface area contributed by atoms with E-state index in [9.17, 15) is 13.6 Å². The van der Waals surface area contributed by atoms with Gasteiger partial charge in [-0.1, -0.05) is 18.7 Å². The van der Waals surface area contributed by atoms with Gasteiger partial charge in [0.15, 0.2) is 0 Å². The molecule has 3 N–H and O–H groups in total. The summed E-state index contributed by atoms with van der Waals surface area (Å²) in [6.45, 7) is 3.44. The minimum Gasteiger partial charge on any atom is -0.758 e. The largest absolute Gasteiger partial charge is 0.758 e. The van der Waals surface area contributed by atoms with Gasteiger partial charge in [-0.3, -0.25) is 4.21 Å². The number of carbonyl (C=O) groups excluding carboxylic acids is 1. The summed E-state index contributed by atoms with van der Waals surface area (Å²) in [6.07, 6.45) is 0. The molecule has 0 aromatic heterocycles. The second kappa shape index (κ2) is 5.20. The number of rotatable bonds is 4. The van der Waals surface area contributed by atoms with Gasteiger partial charge < -0.3 is 15.1 Å². The van der Waals surface area contributed by atoms with Crippen molar-refractivity contribution >= 4 is 17.2 Å². The first-order valence-electron chi connectivity index (χ1n) is 3.26. The Kier molecular flexibility index (Phi) is 4.98. The molecule has 0 aromatic carbocycles. The van der Waals surface area contributed by atoms with Gasteiger partial charge in [-0.15, -0.1) is 0 Å². The zero-order valence-electron chi connectivity index (χ0n) is 6.77. The standard InChI is InChI=1S/C5H12N2O4S/c1-3(2)4(6)5(8)11-7-12(9)10/h3-4,7H,6H2,1-2H3,(H,9,10)/p-1. The van der Waals surface area contributed by atoms with Crippen molar-refractivity contribution < 1.29 is 18.4 Å². The van der Waals surface area contributed by atoms with Crippen molar-refractivity contribution in [2.75, 3.05) is 0 Å². The van der Waals surface area contributed by atoms with E-state index in [1.807, 2.05) is 0 Å². The van der Waals surface area contributed by atoms with Crippen LogP contribution in [-0.4, -0.2) is 20.8 Å². The van der Waals surface area contributed by atoms with Crippen molar-refractivity contribution in [1.29, 1.82) is 0 Å². The quantitative estimate of drug-likeness (QED) is 0.433. The summed E-state index contributed by atoms with van der Waals surface area (Å²) >= 11 is -2.61. The molecule has 0 saturated heterocycles. The lowest BCUT2D eigenvalue weighted by molar-refractivity contribution is -0.149. The van der Waals surface area contributed by atoms with Crippen LogP contribution < -0.4 is 10.6 Å². The Morgan fingerprint density at radius 3 is 2.50 bits per heavy atom. The first-order valence-corrected chi connectivity index (χ1v) is 4.33. The molecule has 2 atom stereocenters. The molecule has 0 saturated carbocycles. The highest BCUT2D eigenvalue weighted by molar-refractivity contribution is 7.76. The summed E-state index contributed by atoms with van der Waals surface area (Å²) in [5.41, 5.74) is 5.33. The lowest BCUT2D eigenvalue weighted by Gasteiger charge is -2.14. The van der Waals surface area contributed by atoms with E-state index in [-0.39, 0.29) is 5.92 Å². The lowest BCUT2D eigenvalue weighted by Crippen LogP contribution is -2.40. The Balaban J connectivity index is 3.80. The van der Waals surface area contributed by atoms with Crippen LogP contribution in [0.5, 0.6) is 0 Å². The fraction of sp³-hybridized carbons (Fsp3) is 0.800. The van der Waals surface area contributed by atoms with E-state index in [0.29, 0.717) is 0 Å². The predicted molar refractivity (Wildman–Crippen MR) is 41.0 cm³/mol. The molecule has 7 heteroatoms. The van der Waals surface area contributed by atoms with Gasteiger partial charge in [0.2, 0.25) is 0 Å². The fourth-order valence-electron chi connectivity index (χ4n) is 0.415. The average Bonchev–Trinajstić information content (AvgIpc) is 1.98. The summed E-state index contributed by atoms with van der Waals surface area (Å²) in [4.78, 5) is 16.4. The van der Waals surface area contributed by atoms with Crippen molar-refractivity contribution in [3.05, 3.63) is 0 Å². The normalized spacial score (nSPS) is 15.8. The molecule has 0 aliphatic rings. The van der Waals surface area contributed by atoms with Crippen LogP contribution in [0.25, 0.3) is 0 Å². The molecule has 0 aliphatic carbocycles. The molecule has 72 valence electrons. The third-order valence-corrected chi connectivity index (χ3v) is 1.42. The Labute approximate surface area is 72.8 Å². The van der Waals surface area contributed by atoms with Crippen molar-refractivity contribution in [3.8, 4) is 0 Å². The van der Waals surface area contributed by atoms with E-state index >= 15 is 0 Å². The van der Waals surface area contributed by atoms with Crippen LogP contribution in [0.3, 0.4) is 0 Å². The van der Waals surface area contributed by atoms with Gasteiger partial charge >= 0.3 is 5.97 Å². The fourth-order valence-corrected chi connectivity index (χ4v) is 0.565. The molecule has 12 heavy (non-hydrogen) atoms. The van der Waals surface area contributed by atoms with Gasteiger partial charge in [-0.25, -0.2) is 4.79 Å². The zero-order chi connectivity index (χ0) is 9.72. The molecule has 0 rings (SSSR count). The first-order chi connectivity index (χ1) is 5.45. The summed E-state index contributed by atoms with van der Waals surface area (Å²) in [5, 5.41) is 0. The third kappa shape index (κ3) is 4.39. The van der Waals surface area contributed by atoms with Gasteiger partial charge in [0.05, 0.1) is 11.3 Å². The molecule has 0 bridgehead atoms. The predicted octanol–water partition coefficient (Wildman–Crippen LogP) is -1.19. The minimum atomic E-state index is -2.61. The van der Waals surface area contributed by atoms with Gasteiger partial charge in [0.25, 0.3) is 0 Å². The van der Waals surface area contributed by atoms with Crippen molar-refractivity contribution in [2.24, 2.45) is 11.7 Å². The van der Waals surface area contributed by atoms with Crippen LogP contribution in [0.1, 0.15) is 13.8 Å². The van der Waals surface area contributed by atoms with Crippen molar-refractivity contribution in [2.45, 2.75) is 19.9 Å². The molecule has 2 unspecified atom stereocenters. The molecule has 0 fully saturated rings. The molecule has 6 nitrogen and oxygen atoms in total. The highest BCUT2D eigenvalue weighted by Gasteiger charge is 2.18. The number of nitrogens with one attached hydrogen (secondary N) is 1. The second-order valence-corrected chi connectivity index (χ2v) is 3.15. The molecule has 0 aromatic rings. The van der Waals surface area contributed by atoms with Crippen LogP contribution >= 0.6 is 0 Å². The van der Waals surface area contributed by atoms with Crippen LogP contribution in [0, 0.1) is 5.92 Å². The van der Waals surface area contributed by atoms with Crippen LogP contribution in [0.2, 0.25) is 0 Å². The van der Waals surface area contributed by atoms with Crippen molar-refractivity contribution in [3.63, 3.8) is 0 Å². The maximum Gasteiger partial charge on any atom is 0.342 e. The monoisotopic (exact) mass is 195 g/mol. The van der Waals surface area contributed by atoms with E-state index in [2.05, 4.69) is 4.84 Å². The molecule has 0 amide bonds. The van der Waals surface area contributed by atoms with E-state index in [1.54, 1.807) is 13.8 Å². The molecule has 0 radical (unpaired) electrons. The summed E-state index contributed by atoms with van der Waals surface area (Å²) in [6, 6.07) is -0.818. The summed E-state index contributed by atoms with van der Waals surface area (Å²) in [5.74, 6) is -0.895. The van der Waals surface area contributed by atoms with E-state index in [0.717, 1.165) is 0 Å². The van der Waals surface area contributed by atoms with Crippen molar-refractivity contribution in [1.82, 2.24) is 4.89 Å². The Bertz CT molecular complexity index is 184. The smallest absolute Gasteiger partial charge is 0.342 e. The Morgan fingerprint density at radius 2 is 2.17 bits per heavy atom. The minimum absolute atomic E-state index is 0.0978. The van der Waals surface area contributed by atoms with Crippen LogP contribution in [0.4, 0.5) is 0 Å². The number of hydrogen-bond donors (Lipinski definition) is 2. The van der Waals surface area contributed by atoms with E-state index in [4.69, 9.17) is 5.73 Å². The lowest BCUT2D eigenvalue weighted by atomic mass is 10.1. The second-order valence-electron chi connectivity index (χ2n) is 2.51.